The lowest BCUT2D eigenvalue weighted by Gasteiger charge is -2.29. The number of nitrogens with zero attached hydrogens (tertiary/aromatic N) is 3. The first-order chi connectivity index (χ1) is 8.56. The molecule has 2 heterocycles. The Hall–Kier alpha value is -1.69. The standard InChI is InChI=1S/C12H18N4O2/c1-9-11(16(17)18)3-4-12(13-9)14-10-5-7-15(2)8-6-10/h3-4,10H,5-8H2,1-2H3,(H,13,14). The van der Waals surface area contributed by atoms with Crippen LogP contribution in [0.5, 0.6) is 0 Å². The second kappa shape index (κ2) is 5.30. The molecule has 1 aromatic rings. The molecule has 2 rings (SSSR count). The van der Waals surface area contributed by atoms with Gasteiger partial charge in [-0.25, -0.2) is 4.98 Å². The zero-order valence-corrected chi connectivity index (χ0v) is 10.7. The van der Waals surface area contributed by atoms with Gasteiger partial charge in [-0.15, -0.1) is 0 Å². The zero-order valence-electron chi connectivity index (χ0n) is 10.7. The molecule has 0 unspecified atom stereocenters. The lowest BCUT2D eigenvalue weighted by molar-refractivity contribution is -0.385. The molecule has 1 aliphatic rings. The van der Waals surface area contributed by atoms with Crippen LogP contribution in [0.1, 0.15) is 18.5 Å². The van der Waals surface area contributed by atoms with Crippen molar-refractivity contribution in [1.29, 1.82) is 0 Å². The average Bonchev–Trinajstić information content (AvgIpc) is 2.32. The van der Waals surface area contributed by atoms with Crippen LogP contribution in [0.3, 0.4) is 0 Å². The van der Waals surface area contributed by atoms with E-state index in [9.17, 15) is 10.1 Å². The first-order valence-electron chi connectivity index (χ1n) is 6.13. The van der Waals surface area contributed by atoms with Gasteiger partial charge < -0.3 is 10.2 Å². The molecule has 1 N–H and O–H groups in total. The predicted octanol–water partition coefficient (Wildman–Crippen LogP) is 1.80. The molecule has 0 bridgehead atoms. The van der Waals surface area contributed by atoms with Crippen molar-refractivity contribution < 1.29 is 4.92 Å². The Bertz CT molecular complexity index is 442. The number of rotatable bonds is 3. The summed E-state index contributed by atoms with van der Waals surface area (Å²) in [5.41, 5.74) is 0.529. The van der Waals surface area contributed by atoms with E-state index in [2.05, 4.69) is 22.2 Å². The van der Waals surface area contributed by atoms with Crippen molar-refractivity contribution in [3.05, 3.63) is 27.9 Å². The number of aromatic nitrogens is 1. The van der Waals surface area contributed by atoms with Crippen molar-refractivity contribution in [1.82, 2.24) is 9.88 Å². The molecule has 1 fully saturated rings. The van der Waals surface area contributed by atoms with E-state index in [0.29, 0.717) is 11.7 Å². The zero-order chi connectivity index (χ0) is 13.1. The van der Waals surface area contributed by atoms with E-state index in [-0.39, 0.29) is 5.69 Å². The molecule has 0 saturated carbocycles. The highest BCUT2D eigenvalue weighted by Crippen LogP contribution is 2.20. The monoisotopic (exact) mass is 250 g/mol. The molecule has 1 aliphatic heterocycles. The fourth-order valence-electron chi connectivity index (χ4n) is 2.19. The Labute approximate surface area is 106 Å². The summed E-state index contributed by atoms with van der Waals surface area (Å²) in [7, 11) is 2.12. The topological polar surface area (TPSA) is 71.3 Å². The Morgan fingerprint density at radius 3 is 2.67 bits per heavy atom. The van der Waals surface area contributed by atoms with E-state index in [4.69, 9.17) is 0 Å². The Balaban J connectivity index is 2.02. The largest absolute Gasteiger partial charge is 0.367 e. The molecule has 1 saturated heterocycles. The van der Waals surface area contributed by atoms with Gasteiger partial charge >= 0.3 is 0 Å². The van der Waals surface area contributed by atoms with Crippen molar-refractivity contribution in [3.63, 3.8) is 0 Å². The van der Waals surface area contributed by atoms with Crippen molar-refractivity contribution in [2.24, 2.45) is 0 Å². The molecule has 0 radical (unpaired) electrons. The fraction of sp³-hybridized carbons (Fsp3) is 0.583. The third-order valence-electron chi connectivity index (χ3n) is 3.33. The van der Waals surface area contributed by atoms with Gasteiger partial charge in [-0.1, -0.05) is 0 Å². The molecule has 98 valence electrons. The normalized spacial score (nSPS) is 17.7. The molecule has 6 nitrogen and oxygen atoms in total. The molecule has 0 aliphatic carbocycles. The Kier molecular flexibility index (Phi) is 3.76. The third-order valence-corrected chi connectivity index (χ3v) is 3.33. The van der Waals surface area contributed by atoms with Gasteiger partial charge in [0.1, 0.15) is 11.5 Å². The third kappa shape index (κ3) is 2.95. The van der Waals surface area contributed by atoms with Crippen LogP contribution in [0.4, 0.5) is 11.5 Å². The SMILES string of the molecule is Cc1nc(NC2CCN(C)CC2)ccc1[N+](=O)[O-]. The van der Waals surface area contributed by atoms with Crippen LogP contribution >= 0.6 is 0 Å². The second-order valence-corrected chi connectivity index (χ2v) is 4.78. The van der Waals surface area contributed by atoms with E-state index in [0.717, 1.165) is 31.7 Å². The van der Waals surface area contributed by atoms with E-state index in [1.54, 1.807) is 13.0 Å². The first kappa shape index (κ1) is 12.8. The lowest BCUT2D eigenvalue weighted by Crippen LogP contribution is -2.36. The van der Waals surface area contributed by atoms with Gasteiger partial charge in [-0.3, -0.25) is 10.1 Å². The molecule has 0 atom stereocenters. The van der Waals surface area contributed by atoms with Crippen LogP contribution in [0.15, 0.2) is 12.1 Å². The molecule has 6 heteroatoms. The summed E-state index contributed by atoms with van der Waals surface area (Å²) in [6.07, 6.45) is 2.16. The summed E-state index contributed by atoms with van der Waals surface area (Å²) in [5.74, 6) is 0.729. The van der Waals surface area contributed by atoms with Crippen LogP contribution in [-0.4, -0.2) is 41.0 Å². The number of hydrogen-bond donors (Lipinski definition) is 1. The summed E-state index contributed by atoms with van der Waals surface area (Å²) in [6.45, 7) is 3.81. The summed E-state index contributed by atoms with van der Waals surface area (Å²) in [4.78, 5) is 16.8. The van der Waals surface area contributed by atoms with Crippen LogP contribution in [0.25, 0.3) is 0 Å². The van der Waals surface area contributed by atoms with E-state index in [1.807, 2.05) is 0 Å². The molecule has 0 amide bonds. The summed E-state index contributed by atoms with van der Waals surface area (Å²) < 4.78 is 0. The maximum Gasteiger partial charge on any atom is 0.290 e. The number of anilines is 1. The maximum absolute atomic E-state index is 10.7. The fourth-order valence-corrected chi connectivity index (χ4v) is 2.19. The first-order valence-corrected chi connectivity index (χ1v) is 6.13. The van der Waals surface area contributed by atoms with Crippen LogP contribution in [-0.2, 0) is 0 Å². The molecule has 1 aromatic heterocycles. The molecule has 18 heavy (non-hydrogen) atoms. The van der Waals surface area contributed by atoms with Gasteiger partial charge in [0.15, 0.2) is 0 Å². The number of hydrogen-bond acceptors (Lipinski definition) is 5. The lowest BCUT2D eigenvalue weighted by atomic mass is 10.1. The van der Waals surface area contributed by atoms with Crippen molar-refractivity contribution in [2.75, 3.05) is 25.5 Å². The number of nitro groups is 1. The molecule has 0 spiro atoms. The van der Waals surface area contributed by atoms with E-state index < -0.39 is 4.92 Å². The van der Waals surface area contributed by atoms with Gasteiger partial charge in [-0.05, 0) is 46.0 Å². The number of nitrogens with one attached hydrogen (secondary N) is 1. The average molecular weight is 250 g/mol. The van der Waals surface area contributed by atoms with Gasteiger partial charge in [0.05, 0.1) is 4.92 Å². The minimum Gasteiger partial charge on any atom is -0.367 e. The molecular weight excluding hydrogens is 232 g/mol. The highest BCUT2D eigenvalue weighted by Gasteiger charge is 2.18. The second-order valence-electron chi connectivity index (χ2n) is 4.78. The van der Waals surface area contributed by atoms with Gasteiger partial charge in [0, 0.05) is 12.1 Å². The summed E-state index contributed by atoms with van der Waals surface area (Å²) in [6, 6.07) is 3.61. The van der Waals surface area contributed by atoms with Crippen LogP contribution in [0.2, 0.25) is 0 Å². The van der Waals surface area contributed by atoms with Gasteiger partial charge in [-0.2, -0.15) is 0 Å². The number of likely N-dealkylation sites (tertiary alicyclic amines) is 1. The number of aryl methyl sites for hydroxylation is 1. The Morgan fingerprint density at radius 2 is 2.11 bits per heavy atom. The number of piperidine rings is 1. The van der Waals surface area contributed by atoms with Crippen LogP contribution in [0, 0.1) is 17.0 Å². The van der Waals surface area contributed by atoms with E-state index in [1.165, 1.54) is 6.07 Å². The van der Waals surface area contributed by atoms with E-state index >= 15 is 0 Å². The molecular formula is C12H18N4O2. The smallest absolute Gasteiger partial charge is 0.290 e. The predicted molar refractivity (Wildman–Crippen MR) is 69.8 cm³/mol. The van der Waals surface area contributed by atoms with Crippen molar-refractivity contribution >= 4 is 11.5 Å². The number of pyridine rings is 1. The Morgan fingerprint density at radius 1 is 1.44 bits per heavy atom. The quantitative estimate of drug-likeness (QED) is 0.654. The summed E-state index contributed by atoms with van der Waals surface area (Å²) >= 11 is 0. The minimum absolute atomic E-state index is 0.0731. The van der Waals surface area contributed by atoms with Gasteiger partial charge in [0.25, 0.3) is 5.69 Å². The highest BCUT2D eigenvalue weighted by atomic mass is 16.6. The minimum atomic E-state index is -0.401. The molecule has 0 aromatic carbocycles. The summed E-state index contributed by atoms with van der Waals surface area (Å²) in [5, 5.41) is 14.0. The van der Waals surface area contributed by atoms with Gasteiger partial charge in [0.2, 0.25) is 0 Å². The highest BCUT2D eigenvalue weighted by molar-refractivity contribution is 5.45. The maximum atomic E-state index is 10.7. The van der Waals surface area contributed by atoms with Crippen LogP contribution < -0.4 is 5.32 Å². The van der Waals surface area contributed by atoms with Crippen molar-refractivity contribution in [2.45, 2.75) is 25.8 Å². The van der Waals surface area contributed by atoms with Crippen molar-refractivity contribution in [3.8, 4) is 0 Å².